The molecule has 4 rings (SSSR count). The number of aromatic nitrogens is 2. The van der Waals surface area contributed by atoms with E-state index in [1.807, 2.05) is 30.3 Å². The minimum atomic E-state index is -0.245. The molecule has 0 unspecified atom stereocenters. The lowest BCUT2D eigenvalue weighted by molar-refractivity contribution is 0.622. The number of rotatable bonds is 4. The van der Waals surface area contributed by atoms with Crippen LogP contribution in [-0.2, 0) is 6.54 Å². The molecule has 1 aliphatic rings. The molecule has 1 fully saturated rings. The number of hydrogen-bond donors (Lipinski definition) is 0. The topological polar surface area (TPSA) is 41.4 Å². The van der Waals surface area contributed by atoms with Crippen molar-refractivity contribution in [3.8, 4) is 0 Å². The summed E-state index contributed by atoms with van der Waals surface area (Å²) in [6, 6.07) is 16.2. The lowest BCUT2D eigenvalue weighted by atomic mass is 10.1. The average molecular weight is 409 g/mol. The van der Waals surface area contributed by atoms with E-state index >= 15 is 0 Å². The second-order valence-electron chi connectivity index (χ2n) is 7.49. The van der Waals surface area contributed by atoms with Crippen LogP contribution in [0.2, 0.25) is 5.02 Å². The molecule has 5 nitrogen and oxygen atoms in total. The highest BCUT2D eigenvalue weighted by atomic mass is 35.5. The van der Waals surface area contributed by atoms with Crippen molar-refractivity contribution in [2.75, 3.05) is 36.0 Å². The third kappa shape index (κ3) is 4.01. The molecule has 3 aromatic rings. The van der Waals surface area contributed by atoms with E-state index in [-0.39, 0.29) is 10.6 Å². The Labute approximate surface area is 176 Å². The van der Waals surface area contributed by atoms with Gasteiger partial charge in [0.25, 0.3) is 5.56 Å². The standard InChI is InChI=1S/C23H25ClN4O/c1-17-7-6-10-20(18(17)2)26-11-13-27(14-12-26)21-15-25-28(23(29)22(21)24)16-19-8-4-3-5-9-19/h3-10,15H,11-14,16H2,1-2H3. The maximum Gasteiger partial charge on any atom is 0.287 e. The minimum absolute atomic E-state index is 0.245. The van der Waals surface area contributed by atoms with Gasteiger partial charge in [0.05, 0.1) is 18.4 Å². The molecular formula is C23H25ClN4O. The second kappa shape index (κ2) is 8.29. The lowest BCUT2D eigenvalue weighted by Gasteiger charge is -2.38. The van der Waals surface area contributed by atoms with Crippen molar-refractivity contribution >= 4 is 23.0 Å². The minimum Gasteiger partial charge on any atom is -0.368 e. The maximum absolute atomic E-state index is 12.7. The number of piperazine rings is 1. The number of aryl methyl sites for hydroxylation is 1. The molecule has 2 heterocycles. The van der Waals surface area contributed by atoms with Gasteiger partial charge < -0.3 is 9.80 Å². The van der Waals surface area contributed by atoms with Gasteiger partial charge in [-0.05, 0) is 36.6 Å². The lowest BCUT2D eigenvalue weighted by Crippen LogP contribution is -2.47. The zero-order chi connectivity index (χ0) is 20.4. The van der Waals surface area contributed by atoms with Gasteiger partial charge in [-0.1, -0.05) is 54.1 Å². The molecule has 2 aromatic carbocycles. The Morgan fingerprint density at radius 1 is 0.897 bits per heavy atom. The van der Waals surface area contributed by atoms with Crippen LogP contribution in [0.1, 0.15) is 16.7 Å². The fraction of sp³-hybridized carbons (Fsp3) is 0.304. The first kappa shape index (κ1) is 19.5. The van der Waals surface area contributed by atoms with Crippen LogP contribution in [0.15, 0.2) is 59.5 Å². The average Bonchev–Trinajstić information content (AvgIpc) is 2.75. The Balaban J connectivity index is 1.49. The third-order valence-electron chi connectivity index (χ3n) is 5.68. The van der Waals surface area contributed by atoms with E-state index in [9.17, 15) is 4.79 Å². The van der Waals surface area contributed by atoms with Gasteiger partial charge in [0.15, 0.2) is 0 Å². The zero-order valence-corrected chi connectivity index (χ0v) is 17.6. The van der Waals surface area contributed by atoms with E-state index < -0.39 is 0 Å². The Hall–Kier alpha value is -2.79. The number of anilines is 2. The van der Waals surface area contributed by atoms with Gasteiger partial charge in [-0.15, -0.1) is 0 Å². The van der Waals surface area contributed by atoms with Gasteiger partial charge in [-0.2, -0.15) is 5.10 Å². The molecule has 150 valence electrons. The highest BCUT2D eigenvalue weighted by molar-refractivity contribution is 6.33. The Bertz CT molecular complexity index is 1060. The van der Waals surface area contributed by atoms with Crippen molar-refractivity contribution in [3.63, 3.8) is 0 Å². The zero-order valence-electron chi connectivity index (χ0n) is 16.8. The molecule has 1 aliphatic heterocycles. The van der Waals surface area contributed by atoms with Crippen LogP contribution in [0.25, 0.3) is 0 Å². The van der Waals surface area contributed by atoms with E-state index in [0.29, 0.717) is 6.54 Å². The molecule has 0 amide bonds. The third-order valence-corrected chi connectivity index (χ3v) is 6.03. The summed E-state index contributed by atoms with van der Waals surface area (Å²) in [5.74, 6) is 0. The first-order valence-electron chi connectivity index (χ1n) is 9.90. The summed E-state index contributed by atoms with van der Waals surface area (Å²) >= 11 is 6.47. The molecule has 29 heavy (non-hydrogen) atoms. The number of halogens is 1. The molecule has 0 aliphatic carbocycles. The Morgan fingerprint density at radius 3 is 2.24 bits per heavy atom. The van der Waals surface area contributed by atoms with Gasteiger partial charge in [-0.25, -0.2) is 4.68 Å². The van der Waals surface area contributed by atoms with Gasteiger partial charge >= 0.3 is 0 Å². The van der Waals surface area contributed by atoms with Gasteiger partial charge in [0.1, 0.15) is 5.02 Å². The monoisotopic (exact) mass is 408 g/mol. The molecule has 1 saturated heterocycles. The van der Waals surface area contributed by atoms with Crippen LogP contribution in [-0.4, -0.2) is 36.0 Å². The van der Waals surface area contributed by atoms with Crippen molar-refractivity contribution < 1.29 is 0 Å². The van der Waals surface area contributed by atoms with Crippen molar-refractivity contribution in [1.29, 1.82) is 0 Å². The van der Waals surface area contributed by atoms with E-state index in [2.05, 4.69) is 46.9 Å². The molecule has 0 spiro atoms. The van der Waals surface area contributed by atoms with Crippen LogP contribution in [0.5, 0.6) is 0 Å². The molecule has 6 heteroatoms. The fourth-order valence-electron chi connectivity index (χ4n) is 3.81. The smallest absolute Gasteiger partial charge is 0.287 e. The second-order valence-corrected chi connectivity index (χ2v) is 7.86. The van der Waals surface area contributed by atoms with Crippen LogP contribution in [0, 0.1) is 13.8 Å². The number of hydrogen-bond acceptors (Lipinski definition) is 4. The van der Waals surface area contributed by atoms with Crippen molar-refractivity contribution in [3.05, 3.63) is 86.8 Å². The van der Waals surface area contributed by atoms with E-state index in [1.54, 1.807) is 6.20 Å². The van der Waals surface area contributed by atoms with Crippen LogP contribution in [0.3, 0.4) is 0 Å². The summed E-state index contributed by atoms with van der Waals surface area (Å²) in [7, 11) is 0. The molecule has 0 atom stereocenters. The summed E-state index contributed by atoms with van der Waals surface area (Å²) in [4.78, 5) is 17.3. The summed E-state index contributed by atoms with van der Waals surface area (Å²) in [5.41, 5.74) is 5.41. The predicted octanol–water partition coefficient (Wildman–Crippen LogP) is 3.89. The molecule has 0 N–H and O–H groups in total. The van der Waals surface area contributed by atoms with Crippen LogP contribution >= 0.6 is 11.6 Å². The van der Waals surface area contributed by atoms with Crippen LogP contribution in [0.4, 0.5) is 11.4 Å². The first-order chi connectivity index (χ1) is 14.0. The summed E-state index contributed by atoms with van der Waals surface area (Å²) in [5, 5.41) is 4.62. The molecule has 0 radical (unpaired) electrons. The molecule has 1 aromatic heterocycles. The van der Waals surface area contributed by atoms with E-state index in [4.69, 9.17) is 11.6 Å². The highest BCUT2D eigenvalue weighted by Crippen LogP contribution is 2.27. The first-order valence-corrected chi connectivity index (χ1v) is 10.3. The fourth-order valence-corrected chi connectivity index (χ4v) is 4.08. The Kier molecular flexibility index (Phi) is 5.58. The number of nitrogens with zero attached hydrogens (tertiary/aromatic N) is 4. The highest BCUT2D eigenvalue weighted by Gasteiger charge is 2.22. The normalized spacial score (nSPS) is 14.3. The largest absolute Gasteiger partial charge is 0.368 e. The molecule has 0 saturated carbocycles. The summed E-state index contributed by atoms with van der Waals surface area (Å²) in [6.45, 7) is 8.10. The van der Waals surface area contributed by atoms with Gasteiger partial charge in [0, 0.05) is 31.9 Å². The summed E-state index contributed by atoms with van der Waals surface area (Å²) in [6.07, 6.45) is 1.72. The SMILES string of the molecule is Cc1cccc(N2CCN(c3cnn(Cc4ccccc4)c(=O)c3Cl)CC2)c1C. The van der Waals surface area contributed by atoms with E-state index in [1.165, 1.54) is 21.5 Å². The maximum atomic E-state index is 12.7. The van der Waals surface area contributed by atoms with Crippen molar-refractivity contribution in [2.24, 2.45) is 0 Å². The van der Waals surface area contributed by atoms with Gasteiger partial charge in [-0.3, -0.25) is 4.79 Å². The van der Waals surface area contributed by atoms with Crippen LogP contribution < -0.4 is 15.4 Å². The quantitative estimate of drug-likeness (QED) is 0.656. The van der Waals surface area contributed by atoms with Gasteiger partial charge in [0.2, 0.25) is 0 Å². The molecular weight excluding hydrogens is 384 g/mol. The van der Waals surface area contributed by atoms with E-state index in [0.717, 1.165) is 37.4 Å². The number of benzene rings is 2. The van der Waals surface area contributed by atoms with Crippen molar-refractivity contribution in [2.45, 2.75) is 20.4 Å². The molecule has 0 bridgehead atoms. The van der Waals surface area contributed by atoms with Crippen molar-refractivity contribution in [1.82, 2.24) is 9.78 Å². The predicted molar refractivity (Wildman–Crippen MR) is 119 cm³/mol. The summed E-state index contributed by atoms with van der Waals surface area (Å²) < 4.78 is 1.42. The Morgan fingerprint density at radius 2 is 1.55 bits per heavy atom.